The molecule has 3 aromatic rings. The molecule has 8 heteroatoms. The van der Waals surface area contributed by atoms with Gasteiger partial charge in [0.25, 0.3) is 0 Å². The Morgan fingerprint density at radius 1 is 1.22 bits per heavy atom. The van der Waals surface area contributed by atoms with Crippen LogP contribution in [0.25, 0.3) is 16.8 Å². The zero-order valence-corrected chi connectivity index (χ0v) is 18.3. The Morgan fingerprint density at radius 2 is 2.03 bits per heavy atom. The second kappa shape index (κ2) is 8.68. The minimum absolute atomic E-state index is 0.302. The molecule has 1 N–H and O–H groups in total. The second-order valence-corrected chi connectivity index (χ2v) is 7.84. The maximum absolute atomic E-state index is 13.4. The normalized spacial score (nSPS) is 15.1. The molecule has 0 fully saturated rings. The Kier molecular flexibility index (Phi) is 5.95. The quantitative estimate of drug-likeness (QED) is 0.618. The van der Waals surface area contributed by atoms with Gasteiger partial charge in [-0.25, -0.2) is 4.98 Å². The van der Waals surface area contributed by atoms with E-state index in [1.807, 2.05) is 37.4 Å². The number of nitrogens with one attached hydrogen (secondary N) is 1. The molecule has 0 saturated heterocycles. The van der Waals surface area contributed by atoms with E-state index in [-0.39, 0.29) is 0 Å². The number of imidazole rings is 1. The van der Waals surface area contributed by atoms with Gasteiger partial charge in [0.1, 0.15) is 17.4 Å². The van der Waals surface area contributed by atoms with Crippen LogP contribution in [-0.2, 0) is 19.9 Å². The van der Waals surface area contributed by atoms with Gasteiger partial charge < -0.3 is 14.5 Å². The third-order valence-electron chi connectivity index (χ3n) is 5.87. The summed E-state index contributed by atoms with van der Waals surface area (Å²) in [5, 5.41) is 4.91. The molecule has 4 rings (SSSR count). The maximum atomic E-state index is 13.4. The van der Waals surface area contributed by atoms with Crippen LogP contribution in [0.15, 0.2) is 53.7 Å². The van der Waals surface area contributed by atoms with Crippen molar-refractivity contribution in [1.29, 1.82) is 0 Å². The number of allylic oxidation sites excluding steroid dienone is 3. The van der Waals surface area contributed by atoms with Gasteiger partial charge in [0.2, 0.25) is 0 Å². The van der Waals surface area contributed by atoms with Crippen molar-refractivity contribution in [2.75, 3.05) is 18.9 Å². The van der Waals surface area contributed by atoms with Crippen LogP contribution in [0.5, 0.6) is 0 Å². The number of nitrogens with zero attached hydrogens (tertiary/aromatic N) is 4. The molecule has 1 atom stereocenters. The molecule has 2 aromatic heterocycles. The molecule has 0 saturated carbocycles. The predicted octanol–water partition coefficient (Wildman–Crippen LogP) is 4.81. The molecule has 0 spiro atoms. The Bertz CT molecular complexity index is 1260. The standard InChI is InChI=1S/C24H26F3N5/c1-16(24(25,26)27)32-15-13-17-8-7-10-19(22(17)23(32)28-2)29-14-12-21-30-18-9-5-4-6-11-20(18)31(21)3/h4-8,10-11,13,15-16,29H,9,12,14H2,1-3H3. The minimum Gasteiger partial charge on any atom is -0.384 e. The van der Waals surface area contributed by atoms with E-state index in [4.69, 9.17) is 4.98 Å². The number of anilines is 1. The number of halogens is 3. The van der Waals surface area contributed by atoms with E-state index in [1.54, 1.807) is 6.07 Å². The van der Waals surface area contributed by atoms with E-state index < -0.39 is 12.2 Å². The highest BCUT2D eigenvalue weighted by molar-refractivity contribution is 5.93. The SMILES string of the molecule is CN=c1c2c(NCCc3nc4c(n3C)C=CC=CC4)cccc2ccn1C(C)C(F)(F)F. The molecule has 1 unspecified atom stereocenters. The van der Waals surface area contributed by atoms with Crippen molar-refractivity contribution in [2.45, 2.75) is 32.0 Å². The van der Waals surface area contributed by atoms with E-state index >= 15 is 0 Å². The van der Waals surface area contributed by atoms with E-state index in [1.165, 1.54) is 17.8 Å². The molecule has 5 nitrogen and oxygen atoms in total. The van der Waals surface area contributed by atoms with Gasteiger partial charge in [0.05, 0.1) is 11.4 Å². The predicted molar refractivity (Wildman–Crippen MR) is 121 cm³/mol. The summed E-state index contributed by atoms with van der Waals surface area (Å²) in [6.45, 7) is 1.74. The summed E-state index contributed by atoms with van der Waals surface area (Å²) in [5.41, 5.74) is 3.21. The van der Waals surface area contributed by atoms with Crippen LogP contribution < -0.4 is 10.8 Å². The van der Waals surface area contributed by atoms with Crippen molar-refractivity contribution in [1.82, 2.24) is 14.1 Å². The number of alkyl halides is 3. The molecule has 1 aliphatic carbocycles. The van der Waals surface area contributed by atoms with Gasteiger partial charge in [0, 0.05) is 50.8 Å². The fourth-order valence-electron chi connectivity index (χ4n) is 4.08. The Balaban J connectivity index is 1.63. The van der Waals surface area contributed by atoms with E-state index in [0.29, 0.717) is 23.8 Å². The van der Waals surface area contributed by atoms with Crippen LogP contribution in [-0.4, -0.2) is 33.9 Å². The number of hydrogen-bond acceptors (Lipinski definition) is 3. The van der Waals surface area contributed by atoms with Gasteiger partial charge in [-0.1, -0.05) is 30.4 Å². The third-order valence-corrected chi connectivity index (χ3v) is 5.87. The Morgan fingerprint density at radius 3 is 2.78 bits per heavy atom. The van der Waals surface area contributed by atoms with Gasteiger partial charge >= 0.3 is 6.18 Å². The third kappa shape index (κ3) is 4.09. The molecular formula is C24H26F3N5. The highest BCUT2D eigenvalue weighted by Gasteiger charge is 2.37. The number of rotatable bonds is 5. The van der Waals surface area contributed by atoms with Crippen molar-refractivity contribution < 1.29 is 13.2 Å². The highest BCUT2D eigenvalue weighted by Crippen LogP contribution is 2.30. The van der Waals surface area contributed by atoms with Gasteiger partial charge in [-0.3, -0.25) is 4.99 Å². The molecule has 2 heterocycles. The zero-order chi connectivity index (χ0) is 22.9. The second-order valence-electron chi connectivity index (χ2n) is 7.84. The van der Waals surface area contributed by atoms with Crippen molar-refractivity contribution >= 4 is 22.5 Å². The topological polar surface area (TPSA) is 47.1 Å². The maximum Gasteiger partial charge on any atom is 0.408 e. The zero-order valence-electron chi connectivity index (χ0n) is 18.3. The van der Waals surface area contributed by atoms with E-state index in [2.05, 4.69) is 27.0 Å². The molecule has 168 valence electrons. The van der Waals surface area contributed by atoms with Crippen molar-refractivity contribution in [3.8, 4) is 0 Å². The first-order valence-corrected chi connectivity index (χ1v) is 10.6. The number of aromatic nitrogens is 3. The number of fused-ring (bicyclic) bond motifs is 2. The van der Waals surface area contributed by atoms with Gasteiger partial charge in [-0.15, -0.1) is 0 Å². The summed E-state index contributed by atoms with van der Waals surface area (Å²) in [6.07, 6.45) is 6.75. The highest BCUT2D eigenvalue weighted by atomic mass is 19.4. The molecular weight excluding hydrogens is 415 g/mol. The molecule has 1 aromatic carbocycles. The molecule has 0 radical (unpaired) electrons. The monoisotopic (exact) mass is 441 g/mol. The lowest BCUT2D eigenvalue weighted by atomic mass is 10.1. The van der Waals surface area contributed by atoms with Crippen LogP contribution in [0.4, 0.5) is 18.9 Å². The van der Waals surface area contributed by atoms with E-state index in [0.717, 1.165) is 41.6 Å². The Labute approximate surface area is 184 Å². The van der Waals surface area contributed by atoms with Crippen LogP contribution in [0.1, 0.15) is 30.2 Å². The lowest BCUT2D eigenvalue weighted by Gasteiger charge is -2.21. The number of hydrogen-bond donors (Lipinski definition) is 1. The summed E-state index contributed by atoms with van der Waals surface area (Å²) in [6, 6.07) is 5.67. The lowest BCUT2D eigenvalue weighted by molar-refractivity contribution is -0.163. The van der Waals surface area contributed by atoms with Gasteiger partial charge in [-0.2, -0.15) is 13.2 Å². The summed E-state index contributed by atoms with van der Waals surface area (Å²) < 4.78 is 43.5. The van der Waals surface area contributed by atoms with E-state index in [9.17, 15) is 13.2 Å². The average Bonchev–Trinajstić information content (AvgIpc) is 2.92. The van der Waals surface area contributed by atoms with Gasteiger partial charge in [-0.05, 0) is 30.5 Å². The molecule has 0 aliphatic heterocycles. The van der Waals surface area contributed by atoms with Crippen molar-refractivity contribution in [2.24, 2.45) is 12.0 Å². The fraction of sp³-hybridized carbons (Fsp3) is 0.333. The summed E-state index contributed by atoms with van der Waals surface area (Å²) >= 11 is 0. The van der Waals surface area contributed by atoms with Crippen molar-refractivity contribution in [3.05, 3.63) is 71.4 Å². The smallest absolute Gasteiger partial charge is 0.384 e. The first-order chi connectivity index (χ1) is 15.3. The number of benzene rings is 1. The molecule has 0 amide bonds. The van der Waals surface area contributed by atoms with Gasteiger partial charge in [0.15, 0.2) is 0 Å². The summed E-state index contributed by atoms with van der Waals surface area (Å²) in [5.74, 6) is 0.962. The van der Waals surface area contributed by atoms with Crippen LogP contribution in [0.3, 0.4) is 0 Å². The lowest BCUT2D eigenvalue weighted by Crippen LogP contribution is -2.33. The van der Waals surface area contributed by atoms with Crippen LogP contribution in [0, 0.1) is 0 Å². The molecule has 0 bridgehead atoms. The van der Waals surface area contributed by atoms with Crippen LogP contribution in [0.2, 0.25) is 0 Å². The Hall–Kier alpha value is -3.29. The first-order valence-electron chi connectivity index (χ1n) is 10.6. The van der Waals surface area contributed by atoms with Crippen LogP contribution >= 0.6 is 0 Å². The fourth-order valence-corrected chi connectivity index (χ4v) is 4.08. The van der Waals surface area contributed by atoms with Crippen molar-refractivity contribution in [3.63, 3.8) is 0 Å². The molecule has 1 aliphatic rings. The molecule has 32 heavy (non-hydrogen) atoms. The first kappa shape index (κ1) is 21.9. The summed E-state index contributed by atoms with van der Waals surface area (Å²) in [4.78, 5) is 8.99. The largest absolute Gasteiger partial charge is 0.408 e. The number of pyridine rings is 1. The average molecular weight is 442 g/mol. The minimum atomic E-state index is -4.36. The summed E-state index contributed by atoms with van der Waals surface area (Å²) in [7, 11) is 3.53.